The van der Waals surface area contributed by atoms with Crippen molar-refractivity contribution in [3.63, 3.8) is 0 Å². The van der Waals surface area contributed by atoms with Crippen LogP contribution < -0.4 is 0 Å². The van der Waals surface area contributed by atoms with Gasteiger partial charge in [0.1, 0.15) is 0 Å². The van der Waals surface area contributed by atoms with E-state index in [1.807, 2.05) is 0 Å². The summed E-state index contributed by atoms with van der Waals surface area (Å²) < 4.78 is 1.22. The average molecular weight is 184 g/mol. The molecule has 0 aromatic carbocycles. The van der Waals surface area contributed by atoms with Crippen molar-refractivity contribution in [2.45, 2.75) is 63.8 Å². The van der Waals surface area contributed by atoms with Crippen LogP contribution >= 0.6 is 0 Å². The van der Waals surface area contributed by atoms with Gasteiger partial charge in [-0.05, 0) is 13.8 Å². The van der Waals surface area contributed by atoms with E-state index in [4.69, 9.17) is 0 Å². The molecule has 0 radical (unpaired) electrons. The van der Waals surface area contributed by atoms with Gasteiger partial charge in [0.25, 0.3) is 0 Å². The lowest BCUT2D eigenvalue weighted by molar-refractivity contribution is -0.968. The summed E-state index contributed by atoms with van der Waals surface area (Å²) in [5.41, 5.74) is 0. The second kappa shape index (κ2) is 2.96. The van der Waals surface area contributed by atoms with Gasteiger partial charge in [0.05, 0.1) is 31.3 Å². The van der Waals surface area contributed by atoms with Crippen molar-refractivity contribution in [2.24, 2.45) is 0 Å². The second-order valence-electron chi connectivity index (χ2n) is 5.33. The van der Waals surface area contributed by atoms with E-state index < -0.39 is 0 Å². The Labute approximate surface area is 81.1 Å². The predicted octanol–water partition coefficient (Wildman–Crippen LogP) is 1.53. The average Bonchev–Trinajstić information content (AvgIpc) is 2.29. The Balaban J connectivity index is 2.23. The minimum Gasteiger partial charge on any atom is -0.393 e. The molecule has 2 unspecified atom stereocenters. The van der Waals surface area contributed by atoms with E-state index in [0.29, 0.717) is 6.04 Å². The minimum atomic E-state index is -0.0116. The molecule has 2 saturated heterocycles. The molecule has 0 aromatic heterocycles. The SMILES string of the molecule is CC(C)[N+]1(C)[C@@H]2CC[C@H]1CC(O)C2. The Kier molecular flexibility index (Phi) is 2.16. The van der Waals surface area contributed by atoms with Gasteiger partial charge < -0.3 is 9.59 Å². The number of fused-ring (bicyclic) bond motifs is 2. The van der Waals surface area contributed by atoms with Crippen molar-refractivity contribution in [3.05, 3.63) is 0 Å². The van der Waals surface area contributed by atoms with Gasteiger partial charge in [0.15, 0.2) is 0 Å². The second-order valence-corrected chi connectivity index (χ2v) is 5.33. The van der Waals surface area contributed by atoms with Gasteiger partial charge in [-0.15, -0.1) is 0 Å². The Morgan fingerprint density at radius 3 is 2.00 bits per heavy atom. The van der Waals surface area contributed by atoms with E-state index in [1.165, 1.54) is 17.3 Å². The number of aliphatic hydroxyl groups is 1. The standard InChI is InChI=1S/C11H22NO/c1-8(2)12(3)9-4-5-10(12)7-11(13)6-9/h8-11,13H,4-7H2,1-3H3/q+1/t9-,10+,11?,12?. The van der Waals surface area contributed by atoms with Crippen LogP contribution in [0.2, 0.25) is 0 Å². The third-order valence-corrected chi connectivity index (χ3v) is 4.61. The monoisotopic (exact) mass is 184 g/mol. The van der Waals surface area contributed by atoms with Crippen LogP contribution in [0.5, 0.6) is 0 Å². The third kappa shape index (κ3) is 1.23. The van der Waals surface area contributed by atoms with Crippen LogP contribution in [-0.2, 0) is 0 Å². The van der Waals surface area contributed by atoms with Gasteiger partial charge in [-0.3, -0.25) is 0 Å². The lowest BCUT2D eigenvalue weighted by Crippen LogP contribution is -2.62. The fraction of sp³-hybridized carbons (Fsp3) is 1.00. The van der Waals surface area contributed by atoms with Crippen LogP contribution in [0.15, 0.2) is 0 Å². The van der Waals surface area contributed by atoms with Crippen LogP contribution in [0.25, 0.3) is 0 Å². The molecule has 2 nitrogen and oxygen atoms in total. The normalized spacial score (nSPS) is 50.1. The van der Waals surface area contributed by atoms with Crippen molar-refractivity contribution >= 4 is 0 Å². The fourth-order valence-electron chi connectivity index (χ4n) is 3.50. The summed E-state index contributed by atoms with van der Waals surface area (Å²) in [5, 5.41) is 9.69. The molecule has 0 spiro atoms. The Hall–Kier alpha value is -0.0800. The van der Waals surface area contributed by atoms with Gasteiger partial charge in [-0.25, -0.2) is 0 Å². The lowest BCUT2D eigenvalue weighted by Gasteiger charge is -2.49. The highest BCUT2D eigenvalue weighted by Gasteiger charge is 2.52. The zero-order valence-corrected chi connectivity index (χ0v) is 9.03. The molecule has 4 atom stereocenters. The quantitative estimate of drug-likeness (QED) is 0.613. The molecule has 2 heteroatoms. The minimum absolute atomic E-state index is 0.0116. The summed E-state index contributed by atoms with van der Waals surface area (Å²) in [6.07, 6.45) is 4.71. The predicted molar refractivity (Wildman–Crippen MR) is 53.4 cm³/mol. The van der Waals surface area contributed by atoms with Crippen molar-refractivity contribution < 1.29 is 9.59 Å². The van der Waals surface area contributed by atoms with E-state index in [2.05, 4.69) is 20.9 Å². The molecule has 2 aliphatic heterocycles. The third-order valence-electron chi connectivity index (χ3n) is 4.61. The van der Waals surface area contributed by atoms with Crippen molar-refractivity contribution in [3.8, 4) is 0 Å². The molecule has 0 aromatic rings. The summed E-state index contributed by atoms with van der Waals surface area (Å²) in [5.74, 6) is 0. The van der Waals surface area contributed by atoms with Gasteiger partial charge in [-0.2, -0.15) is 0 Å². The molecule has 2 bridgehead atoms. The first-order valence-corrected chi connectivity index (χ1v) is 5.58. The first-order chi connectivity index (χ1) is 6.05. The maximum Gasteiger partial charge on any atom is 0.0919 e. The van der Waals surface area contributed by atoms with Gasteiger partial charge in [0.2, 0.25) is 0 Å². The van der Waals surface area contributed by atoms with Crippen molar-refractivity contribution in [1.82, 2.24) is 0 Å². The molecule has 13 heavy (non-hydrogen) atoms. The molecule has 76 valence electrons. The Bertz CT molecular complexity index is 188. The number of piperidine rings is 1. The fourth-order valence-corrected chi connectivity index (χ4v) is 3.50. The number of aliphatic hydroxyl groups excluding tert-OH is 1. The number of rotatable bonds is 1. The van der Waals surface area contributed by atoms with Crippen molar-refractivity contribution in [1.29, 1.82) is 0 Å². The van der Waals surface area contributed by atoms with Crippen LogP contribution in [0, 0.1) is 0 Å². The maximum atomic E-state index is 9.69. The summed E-state index contributed by atoms with van der Waals surface area (Å²) >= 11 is 0. The molecule has 2 heterocycles. The highest BCUT2D eigenvalue weighted by molar-refractivity contribution is 4.86. The van der Waals surface area contributed by atoms with E-state index in [9.17, 15) is 5.11 Å². The van der Waals surface area contributed by atoms with E-state index in [-0.39, 0.29) is 6.10 Å². The Morgan fingerprint density at radius 1 is 1.15 bits per heavy atom. The summed E-state index contributed by atoms with van der Waals surface area (Å²) in [4.78, 5) is 0. The molecular weight excluding hydrogens is 162 g/mol. The van der Waals surface area contributed by atoms with Crippen LogP contribution in [0.1, 0.15) is 39.5 Å². The van der Waals surface area contributed by atoms with Gasteiger partial charge >= 0.3 is 0 Å². The number of nitrogens with zero attached hydrogens (tertiary/aromatic N) is 1. The topological polar surface area (TPSA) is 20.2 Å². The first kappa shape index (κ1) is 9.47. The molecule has 0 aliphatic carbocycles. The number of hydrogen-bond donors (Lipinski definition) is 1. The van der Waals surface area contributed by atoms with Gasteiger partial charge in [-0.1, -0.05) is 0 Å². The maximum absolute atomic E-state index is 9.69. The summed E-state index contributed by atoms with van der Waals surface area (Å²) in [6, 6.07) is 2.17. The smallest absolute Gasteiger partial charge is 0.0919 e. The van der Waals surface area contributed by atoms with E-state index in [1.54, 1.807) is 0 Å². The Morgan fingerprint density at radius 2 is 1.62 bits per heavy atom. The summed E-state index contributed by atoms with van der Waals surface area (Å²) in [7, 11) is 2.39. The van der Waals surface area contributed by atoms with Crippen molar-refractivity contribution in [2.75, 3.05) is 7.05 Å². The molecule has 2 fully saturated rings. The number of quaternary nitrogens is 1. The zero-order valence-electron chi connectivity index (χ0n) is 9.03. The van der Waals surface area contributed by atoms with Gasteiger partial charge in [0, 0.05) is 25.7 Å². The van der Waals surface area contributed by atoms with E-state index in [0.717, 1.165) is 24.9 Å². The molecule has 0 saturated carbocycles. The van der Waals surface area contributed by atoms with E-state index >= 15 is 0 Å². The highest BCUT2D eigenvalue weighted by atomic mass is 16.3. The number of hydrogen-bond acceptors (Lipinski definition) is 1. The first-order valence-electron chi connectivity index (χ1n) is 5.58. The van der Waals surface area contributed by atoms with Crippen LogP contribution in [-0.4, -0.2) is 40.9 Å². The molecule has 2 rings (SSSR count). The largest absolute Gasteiger partial charge is 0.393 e. The van der Waals surface area contributed by atoms with Crippen LogP contribution in [0.3, 0.4) is 0 Å². The molecule has 1 N–H and O–H groups in total. The lowest BCUT2D eigenvalue weighted by atomic mass is 9.95. The zero-order chi connectivity index (χ0) is 9.64. The molecule has 0 amide bonds. The van der Waals surface area contributed by atoms with Crippen LogP contribution in [0.4, 0.5) is 0 Å². The summed E-state index contributed by atoms with van der Waals surface area (Å²) in [6.45, 7) is 4.64. The highest BCUT2D eigenvalue weighted by Crippen LogP contribution is 2.42. The molecular formula is C11H22NO+. The molecule has 2 aliphatic rings.